The SMILES string of the molecule is CNc1nc(NCc2noc(C)n2)nc(-n2cccn2)n1. The lowest BCUT2D eigenvalue weighted by molar-refractivity contribution is 0.388. The van der Waals surface area contributed by atoms with Crippen LogP contribution in [0.5, 0.6) is 0 Å². The fourth-order valence-corrected chi connectivity index (χ4v) is 1.62. The van der Waals surface area contributed by atoms with Crippen LogP contribution in [0.25, 0.3) is 5.95 Å². The molecule has 3 aromatic rings. The Kier molecular flexibility index (Phi) is 3.41. The molecule has 108 valence electrons. The van der Waals surface area contributed by atoms with Gasteiger partial charge in [-0.25, -0.2) is 4.68 Å². The van der Waals surface area contributed by atoms with Crippen LogP contribution in [0.1, 0.15) is 11.7 Å². The summed E-state index contributed by atoms with van der Waals surface area (Å²) in [4.78, 5) is 16.8. The van der Waals surface area contributed by atoms with Gasteiger partial charge in [0, 0.05) is 26.4 Å². The first-order valence-electron chi connectivity index (χ1n) is 6.21. The van der Waals surface area contributed by atoms with Gasteiger partial charge in [0.15, 0.2) is 5.82 Å². The topological polar surface area (TPSA) is 119 Å². The second kappa shape index (κ2) is 5.53. The number of nitrogens with one attached hydrogen (secondary N) is 2. The molecule has 0 aliphatic rings. The van der Waals surface area contributed by atoms with Crippen LogP contribution in [0.15, 0.2) is 23.0 Å². The van der Waals surface area contributed by atoms with Crippen LogP contribution in [0.3, 0.4) is 0 Å². The quantitative estimate of drug-likeness (QED) is 0.687. The monoisotopic (exact) mass is 287 g/mol. The Hall–Kier alpha value is -3.04. The number of anilines is 2. The van der Waals surface area contributed by atoms with E-state index < -0.39 is 0 Å². The van der Waals surface area contributed by atoms with Crippen molar-refractivity contribution in [3.63, 3.8) is 0 Å². The number of aromatic nitrogens is 7. The van der Waals surface area contributed by atoms with Gasteiger partial charge in [-0.15, -0.1) is 0 Å². The first-order valence-corrected chi connectivity index (χ1v) is 6.21. The van der Waals surface area contributed by atoms with Crippen LogP contribution in [-0.4, -0.2) is 41.9 Å². The minimum Gasteiger partial charge on any atom is -0.357 e. The summed E-state index contributed by atoms with van der Waals surface area (Å²) in [7, 11) is 1.73. The molecule has 0 spiro atoms. The Morgan fingerprint density at radius 3 is 2.71 bits per heavy atom. The number of hydrogen-bond acceptors (Lipinski definition) is 9. The van der Waals surface area contributed by atoms with Gasteiger partial charge < -0.3 is 15.2 Å². The van der Waals surface area contributed by atoms with Crippen LogP contribution in [0.2, 0.25) is 0 Å². The van der Waals surface area contributed by atoms with Crippen molar-refractivity contribution < 1.29 is 4.52 Å². The lowest BCUT2D eigenvalue weighted by Gasteiger charge is -2.07. The number of aryl methyl sites for hydroxylation is 1. The van der Waals surface area contributed by atoms with Gasteiger partial charge in [-0.2, -0.15) is 25.0 Å². The van der Waals surface area contributed by atoms with Gasteiger partial charge in [0.05, 0.1) is 6.54 Å². The maximum absolute atomic E-state index is 4.90. The molecule has 0 fully saturated rings. The van der Waals surface area contributed by atoms with E-state index in [-0.39, 0.29) is 0 Å². The molecule has 10 heteroatoms. The van der Waals surface area contributed by atoms with Crippen molar-refractivity contribution in [2.75, 3.05) is 17.7 Å². The second-order valence-electron chi connectivity index (χ2n) is 4.07. The molecule has 0 saturated carbocycles. The van der Waals surface area contributed by atoms with Crippen molar-refractivity contribution in [3.8, 4) is 5.95 Å². The Labute approximate surface area is 119 Å². The maximum Gasteiger partial charge on any atom is 0.257 e. The van der Waals surface area contributed by atoms with E-state index in [2.05, 4.69) is 40.8 Å². The molecule has 0 radical (unpaired) electrons. The molecule has 21 heavy (non-hydrogen) atoms. The third-order valence-electron chi connectivity index (χ3n) is 2.53. The Morgan fingerprint density at radius 2 is 2.05 bits per heavy atom. The predicted molar refractivity (Wildman–Crippen MR) is 72.9 cm³/mol. The molecule has 0 aliphatic carbocycles. The Bertz CT molecular complexity index is 721. The van der Waals surface area contributed by atoms with Gasteiger partial charge >= 0.3 is 0 Å². The van der Waals surface area contributed by atoms with Crippen molar-refractivity contribution >= 4 is 11.9 Å². The number of rotatable bonds is 5. The summed E-state index contributed by atoms with van der Waals surface area (Å²) in [6.45, 7) is 2.08. The molecule has 0 amide bonds. The van der Waals surface area contributed by atoms with E-state index in [1.54, 1.807) is 37.1 Å². The highest BCUT2D eigenvalue weighted by Gasteiger charge is 2.09. The van der Waals surface area contributed by atoms with Crippen molar-refractivity contribution in [3.05, 3.63) is 30.2 Å². The van der Waals surface area contributed by atoms with Gasteiger partial charge in [0.2, 0.25) is 17.8 Å². The standard InChI is InChI=1S/C11H13N9O/c1-7-15-8(19-21-7)6-13-10-16-9(12-2)17-11(18-10)20-5-3-4-14-20/h3-5H,6H2,1-2H3,(H2,12,13,16,17,18). The van der Waals surface area contributed by atoms with Gasteiger partial charge in [0.25, 0.3) is 5.95 Å². The summed E-state index contributed by atoms with van der Waals surface area (Å²) in [6, 6.07) is 1.79. The summed E-state index contributed by atoms with van der Waals surface area (Å²) in [6.07, 6.45) is 3.40. The summed E-state index contributed by atoms with van der Waals surface area (Å²) in [5.41, 5.74) is 0. The summed E-state index contributed by atoms with van der Waals surface area (Å²) >= 11 is 0. The van der Waals surface area contributed by atoms with Gasteiger partial charge in [-0.1, -0.05) is 5.16 Å². The molecule has 0 atom stereocenters. The smallest absolute Gasteiger partial charge is 0.257 e. The summed E-state index contributed by atoms with van der Waals surface area (Å²) in [5.74, 6) is 2.27. The molecule has 0 bridgehead atoms. The lowest BCUT2D eigenvalue weighted by atomic mass is 10.6. The van der Waals surface area contributed by atoms with Crippen LogP contribution < -0.4 is 10.6 Å². The highest BCUT2D eigenvalue weighted by Crippen LogP contribution is 2.09. The van der Waals surface area contributed by atoms with E-state index in [4.69, 9.17) is 4.52 Å². The zero-order valence-electron chi connectivity index (χ0n) is 11.5. The predicted octanol–water partition coefficient (Wildman–Crippen LogP) is 0.403. The highest BCUT2D eigenvalue weighted by atomic mass is 16.5. The molecule has 0 unspecified atom stereocenters. The van der Waals surface area contributed by atoms with Gasteiger partial charge in [-0.3, -0.25) is 0 Å². The fourth-order valence-electron chi connectivity index (χ4n) is 1.62. The normalized spacial score (nSPS) is 10.6. The minimum absolute atomic E-state index is 0.350. The maximum atomic E-state index is 4.90. The molecular formula is C11H13N9O. The second-order valence-corrected chi connectivity index (χ2v) is 4.07. The van der Waals surface area contributed by atoms with E-state index in [1.807, 2.05) is 0 Å². The number of nitrogens with zero attached hydrogens (tertiary/aromatic N) is 7. The van der Waals surface area contributed by atoms with E-state index in [0.29, 0.717) is 36.1 Å². The molecule has 3 heterocycles. The van der Waals surface area contributed by atoms with Crippen LogP contribution in [0, 0.1) is 6.92 Å². The summed E-state index contributed by atoms with van der Waals surface area (Å²) < 4.78 is 6.45. The summed E-state index contributed by atoms with van der Waals surface area (Å²) in [5, 5.41) is 13.8. The van der Waals surface area contributed by atoms with Crippen LogP contribution in [-0.2, 0) is 6.54 Å². The molecule has 2 N–H and O–H groups in total. The van der Waals surface area contributed by atoms with Crippen LogP contribution >= 0.6 is 0 Å². The molecule has 0 saturated heterocycles. The first kappa shape index (κ1) is 13.0. The molecule has 0 aromatic carbocycles. The molecule has 3 aromatic heterocycles. The third kappa shape index (κ3) is 2.94. The molecule has 10 nitrogen and oxygen atoms in total. The number of hydrogen-bond donors (Lipinski definition) is 2. The molecule has 0 aliphatic heterocycles. The van der Waals surface area contributed by atoms with Gasteiger partial charge in [0.1, 0.15) is 0 Å². The van der Waals surface area contributed by atoms with Crippen molar-refractivity contribution in [2.45, 2.75) is 13.5 Å². The van der Waals surface area contributed by atoms with E-state index in [9.17, 15) is 0 Å². The van der Waals surface area contributed by atoms with Crippen molar-refractivity contribution in [1.82, 2.24) is 34.9 Å². The Morgan fingerprint density at radius 1 is 1.19 bits per heavy atom. The average molecular weight is 287 g/mol. The van der Waals surface area contributed by atoms with E-state index in [0.717, 1.165) is 0 Å². The highest BCUT2D eigenvalue weighted by molar-refractivity contribution is 5.37. The lowest BCUT2D eigenvalue weighted by Crippen LogP contribution is -2.12. The zero-order chi connectivity index (χ0) is 14.7. The van der Waals surface area contributed by atoms with Gasteiger partial charge in [-0.05, 0) is 6.07 Å². The molecular weight excluding hydrogens is 274 g/mol. The first-order chi connectivity index (χ1) is 10.2. The van der Waals surface area contributed by atoms with Crippen molar-refractivity contribution in [2.24, 2.45) is 0 Å². The largest absolute Gasteiger partial charge is 0.357 e. The van der Waals surface area contributed by atoms with Crippen LogP contribution in [0.4, 0.5) is 11.9 Å². The van der Waals surface area contributed by atoms with E-state index in [1.165, 1.54) is 0 Å². The zero-order valence-corrected chi connectivity index (χ0v) is 11.5. The van der Waals surface area contributed by atoms with Crippen molar-refractivity contribution in [1.29, 1.82) is 0 Å². The van der Waals surface area contributed by atoms with E-state index >= 15 is 0 Å². The minimum atomic E-state index is 0.350. The third-order valence-corrected chi connectivity index (χ3v) is 2.53. The molecule has 3 rings (SSSR count). The average Bonchev–Trinajstić information content (AvgIpc) is 3.16. The fraction of sp³-hybridized carbons (Fsp3) is 0.273. The Balaban J connectivity index is 1.82.